The Labute approximate surface area is 193 Å². The van der Waals surface area contributed by atoms with Gasteiger partial charge in [0.25, 0.3) is 0 Å². The molecule has 0 saturated heterocycles. The molecule has 0 bridgehead atoms. The van der Waals surface area contributed by atoms with Gasteiger partial charge in [-0.3, -0.25) is 4.79 Å². The average molecular weight is 449 g/mol. The van der Waals surface area contributed by atoms with Crippen LogP contribution in [-0.4, -0.2) is 51.1 Å². The van der Waals surface area contributed by atoms with Gasteiger partial charge in [-0.15, -0.1) is 0 Å². The second kappa shape index (κ2) is 8.79. The molecule has 3 saturated carbocycles. The number of rotatable bonds is 6. The third-order valence-corrected chi connectivity index (χ3v) is 10.4. The lowest BCUT2D eigenvalue weighted by atomic mass is 9.45. The molecule has 0 aromatic carbocycles. The van der Waals surface area contributed by atoms with E-state index in [1.165, 1.54) is 5.57 Å². The first kappa shape index (κ1) is 24.4. The van der Waals surface area contributed by atoms with Gasteiger partial charge in [-0.1, -0.05) is 33.3 Å². The number of carbonyl (C=O) groups excluding carboxylic acids is 1. The van der Waals surface area contributed by atoms with E-state index in [1.54, 1.807) is 0 Å². The van der Waals surface area contributed by atoms with Crippen LogP contribution in [0.25, 0.3) is 0 Å². The molecule has 182 valence electrons. The van der Waals surface area contributed by atoms with Crippen molar-refractivity contribution in [2.75, 3.05) is 6.61 Å². The number of fused-ring (bicyclic) bond motifs is 5. The molecule has 3 fully saturated rings. The van der Waals surface area contributed by atoms with Crippen molar-refractivity contribution in [3.8, 4) is 0 Å². The SMILES string of the molecule is CC(CO)CCC(O)C(C)C1C(O)CC2C3CCC4=CC(=O)CCC4(C)C3C(O)CC21C. The molecule has 5 nitrogen and oxygen atoms in total. The van der Waals surface area contributed by atoms with Crippen LogP contribution in [0.1, 0.15) is 79.1 Å². The highest BCUT2D eigenvalue weighted by molar-refractivity contribution is 5.91. The van der Waals surface area contributed by atoms with Crippen molar-refractivity contribution in [3.05, 3.63) is 11.6 Å². The maximum absolute atomic E-state index is 12.1. The highest BCUT2D eigenvalue weighted by Crippen LogP contribution is 2.67. The zero-order valence-corrected chi connectivity index (χ0v) is 20.3. The Hall–Kier alpha value is -0.750. The molecule has 4 aliphatic carbocycles. The van der Waals surface area contributed by atoms with Gasteiger partial charge in [0.1, 0.15) is 0 Å². The Morgan fingerprint density at radius 2 is 1.84 bits per heavy atom. The number of carbonyl (C=O) groups is 1. The maximum atomic E-state index is 12.1. The fraction of sp³-hybridized carbons (Fsp3) is 0.889. The summed E-state index contributed by atoms with van der Waals surface area (Å²) < 4.78 is 0. The average Bonchev–Trinajstić information content (AvgIpc) is 3.00. The molecule has 0 radical (unpaired) electrons. The Bertz CT molecular complexity index is 748. The third kappa shape index (κ3) is 3.81. The molecule has 0 aliphatic heterocycles. The first-order valence-corrected chi connectivity index (χ1v) is 12.9. The van der Waals surface area contributed by atoms with Crippen LogP contribution in [-0.2, 0) is 4.79 Å². The number of aliphatic hydroxyl groups excluding tert-OH is 4. The van der Waals surface area contributed by atoms with Crippen molar-refractivity contribution in [2.24, 2.45) is 46.3 Å². The van der Waals surface area contributed by atoms with Crippen LogP contribution in [0.3, 0.4) is 0 Å². The normalized spacial score (nSPS) is 46.5. The van der Waals surface area contributed by atoms with E-state index in [-0.39, 0.29) is 46.9 Å². The molecule has 11 unspecified atom stereocenters. The molecule has 4 rings (SSSR count). The number of ketones is 1. The van der Waals surface area contributed by atoms with E-state index in [2.05, 4.69) is 20.8 Å². The predicted octanol–water partition coefficient (Wildman–Crippen LogP) is 3.48. The molecule has 0 spiro atoms. The van der Waals surface area contributed by atoms with Crippen LogP contribution in [0.15, 0.2) is 11.6 Å². The van der Waals surface area contributed by atoms with Gasteiger partial charge in [-0.25, -0.2) is 0 Å². The van der Waals surface area contributed by atoms with E-state index in [1.807, 2.05) is 13.0 Å². The van der Waals surface area contributed by atoms with Crippen molar-refractivity contribution in [2.45, 2.75) is 97.4 Å². The van der Waals surface area contributed by atoms with E-state index in [0.717, 1.165) is 32.1 Å². The van der Waals surface area contributed by atoms with Crippen molar-refractivity contribution in [3.63, 3.8) is 0 Å². The smallest absolute Gasteiger partial charge is 0.155 e. The highest BCUT2D eigenvalue weighted by atomic mass is 16.3. The molecule has 4 aliphatic rings. The van der Waals surface area contributed by atoms with Gasteiger partial charge in [0.2, 0.25) is 0 Å². The van der Waals surface area contributed by atoms with Crippen molar-refractivity contribution < 1.29 is 25.2 Å². The molecule has 0 aromatic rings. The minimum atomic E-state index is -0.517. The molecular formula is C27H44O5. The maximum Gasteiger partial charge on any atom is 0.155 e. The molecule has 4 N–H and O–H groups in total. The van der Waals surface area contributed by atoms with Gasteiger partial charge in [0.05, 0.1) is 18.3 Å². The summed E-state index contributed by atoms with van der Waals surface area (Å²) >= 11 is 0. The molecule has 0 amide bonds. The molecule has 0 heterocycles. The minimum absolute atomic E-state index is 0.0415. The van der Waals surface area contributed by atoms with Crippen LogP contribution < -0.4 is 0 Å². The summed E-state index contributed by atoms with van der Waals surface area (Å²) in [6.07, 6.45) is 6.50. The first-order chi connectivity index (χ1) is 15.0. The summed E-state index contributed by atoms with van der Waals surface area (Å²) in [5, 5.41) is 43.1. The molecule has 11 atom stereocenters. The zero-order chi connectivity index (χ0) is 23.4. The zero-order valence-electron chi connectivity index (χ0n) is 20.3. The largest absolute Gasteiger partial charge is 0.396 e. The summed E-state index contributed by atoms with van der Waals surface area (Å²) in [6.45, 7) is 8.68. The number of hydrogen-bond donors (Lipinski definition) is 4. The van der Waals surface area contributed by atoms with E-state index in [9.17, 15) is 25.2 Å². The van der Waals surface area contributed by atoms with E-state index in [0.29, 0.717) is 31.1 Å². The molecule has 5 heteroatoms. The van der Waals surface area contributed by atoms with Gasteiger partial charge < -0.3 is 20.4 Å². The van der Waals surface area contributed by atoms with Gasteiger partial charge >= 0.3 is 0 Å². The number of allylic oxidation sites excluding steroid dienone is 1. The predicted molar refractivity (Wildman–Crippen MR) is 124 cm³/mol. The van der Waals surface area contributed by atoms with E-state index < -0.39 is 18.3 Å². The van der Waals surface area contributed by atoms with Crippen LogP contribution in [0.4, 0.5) is 0 Å². The topological polar surface area (TPSA) is 98.0 Å². The number of hydrogen-bond acceptors (Lipinski definition) is 5. The van der Waals surface area contributed by atoms with Crippen molar-refractivity contribution in [1.29, 1.82) is 0 Å². The Morgan fingerprint density at radius 3 is 2.53 bits per heavy atom. The van der Waals surface area contributed by atoms with Crippen molar-refractivity contribution in [1.82, 2.24) is 0 Å². The lowest BCUT2D eigenvalue weighted by Crippen LogP contribution is -2.57. The monoisotopic (exact) mass is 448 g/mol. The second-order valence-electron chi connectivity index (χ2n) is 12.3. The van der Waals surface area contributed by atoms with Gasteiger partial charge in [-0.2, -0.15) is 0 Å². The first-order valence-electron chi connectivity index (χ1n) is 12.9. The summed E-state index contributed by atoms with van der Waals surface area (Å²) in [6, 6.07) is 0. The highest BCUT2D eigenvalue weighted by Gasteiger charge is 2.64. The van der Waals surface area contributed by atoms with Gasteiger partial charge in [-0.05, 0) is 97.4 Å². The molecule has 32 heavy (non-hydrogen) atoms. The number of aliphatic hydroxyl groups is 4. The fourth-order valence-electron chi connectivity index (χ4n) is 8.74. The summed E-state index contributed by atoms with van der Waals surface area (Å²) in [7, 11) is 0. The quantitative estimate of drug-likeness (QED) is 0.499. The lowest BCUT2D eigenvalue weighted by molar-refractivity contribution is -0.142. The van der Waals surface area contributed by atoms with Gasteiger partial charge in [0.15, 0.2) is 5.78 Å². The van der Waals surface area contributed by atoms with Crippen molar-refractivity contribution >= 4 is 5.78 Å². The van der Waals surface area contributed by atoms with E-state index >= 15 is 0 Å². The Kier molecular flexibility index (Phi) is 6.70. The van der Waals surface area contributed by atoms with E-state index in [4.69, 9.17) is 0 Å². The Morgan fingerprint density at radius 1 is 1.12 bits per heavy atom. The molecular weight excluding hydrogens is 404 g/mol. The standard InChI is InChI=1S/C27H44O5/c1-15(14-28)5-8-21(30)16(2)24-22(31)12-20-19-7-6-17-11-18(29)9-10-26(17,3)25(19)23(32)13-27(20,24)4/h11,15-16,19-25,28,30-32H,5-10,12-14H2,1-4H3. The second-order valence-corrected chi connectivity index (χ2v) is 12.3. The Balaban J connectivity index is 1.58. The lowest BCUT2D eigenvalue weighted by Gasteiger charge is -2.60. The summed E-state index contributed by atoms with van der Waals surface area (Å²) in [4.78, 5) is 12.1. The third-order valence-electron chi connectivity index (χ3n) is 10.4. The minimum Gasteiger partial charge on any atom is -0.396 e. The van der Waals surface area contributed by atoms with Crippen LogP contribution in [0, 0.1) is 46.3 Å². The summed E-state index contributed by atoms with van der Waals surface area (Å²) in [5.74, 6) is 1.11. The van der Waals surface area contributed by atoms with Crippen LogP contribution in [0.5, 0.6) is 0 Å². The van der Waals surface area contributed by atoms with Gasteiger partial charge in [0, 0.05) is 13.0 Å². The summed E-state index contributed by atoms with van der Waals surface area (Å²) in [5.41, 5.74) is 0.909. The fourth-order valence-corrected chi connectivity index (χ4v) is 8.74. The van der Waals surface area contributed by atoms with Crippen LogP contribution >= 0.6 is 0 Å². The molecule has 0 aromatic heterocycles. The van der Waals surface area contributed by atoms with Crippen LogP contribution in [0.2, 0.25) is 0 Å².